The third-order valence-electron chi connectivity index (χ3n) is 4.04. The summed E-state index contributed by atoms with van der Waals surface area (Å²) in [5, 5.41) is 25.7. The first-order chi connectivity index (χ1) is 13.1. The molecule has 0 aliphatic heterocycles. The fourth-order valence-corrected chi connectivity index (χ4v) is 2.61. The van der Waals surface area contributed by atoms with E-state index in [1.807, 2.05) is 24.3 Å². The van der Waals surface area contributed by atoms with E-state index < -0.39 is 4.92 Å². The van der Waals surface area contributed by atoms with Gasteiger partial charge in [-0.1, -0.05) is 12.1 Å². The van der Waals surface area contributed by atoms with E-state index in [-0.39, 0.29) is 11.6 Å². The number of nitro benzene ring substituents is 1. The molecule has 9 nitrogen and oxygen atoms in total. The van der Waals surface area contributed by atoms with E-state index in [2.05, 4.69) is 44.2 Å². The molecule has 1 N–H and O–H groups in total. The van der Waals surface area contributed by atoms with Crippen molar-refractivity contribution >= 4 is 23.0 Å². The number of nitrogens with zero attached hydrogens (tertiary/aromatic N) is 6. The Morgan fingerprint density at radius 3 is 2.52 bits per heavy atom. The second-order valence-corrected chi connectivity index (χ2v) is 5.68. The van der Waals surface area contributed by atoms with Crippen molar-refractivity contribution in [3.8, 4) is 11.4 Å². The summed E-state index contributed by atoms with van der Waals surface area (Å²) in [4.78, 5) is 16.9. The molecule has 0 fully saturated rings. The molecule has 0 amide bonds. The van der Waals surface area contributed by atoms with Gasteiger partial charge in [-0.25, -0.2) is 0 Å². The summed E-state index contributed by atoms with van der Waals surface area (Å²) in [6.07, 6.45) is 0. The number of hydrogen-bond donors (Lipinski definition) is 1. The molecule has 0 saturated heterocycles. The van der Waals surface area contributed by atoms with Crippen LogP contribution >= 0.6 is 0 Å². The van der Waals surface area contributed by atoms with Gasteiger partial charge in [0.25, 0.3) is 11.6 Å². The van der Waals surface area contributed by atoms with Crippen molar-refractivity contribution < 1.29 is 4.92 Å². The predicted molar refractivity (Wildman–Crippen MR) is 103 cm³/mol. The molecular formula is C18H19N7O2. The number of nitro groups is 1. The van der Waals surface area contributed by atoms with Crippen molar-refractivity contribution in [1.29, 1.82) is 0 Å². The number of nitrogens with one attached hydrogen (secondary N) is 1. The maximum atomic E-state index is 10.9. The van der Waals surface area contributed by atoms with Gasteiger partial charge in [0.15, 0.2) is 5.82 Å². The minimum atomic E-state index is -0.456. The summed E-state index contributed by atoms with van der Waals surface area (Å²) in [5.41, 5.74) is 2.36. The summed E-state index contributed by atoms with van der Waals surface area (Å²) >= 11 is 0. The zero-order chi connectivity index (χ0) is 19.2. The highest BCUT2D eigenvalue weighted by molar-refractivity contribution is 5.59. The lowest BCUT2D eigenvalue weighted by Gasteiger charge is -2.20. The van der Waals surface area contributed by atoms with Gasteiger partial charge in [-0.3, -0.25) is 15.2 Å². The normalized spacial score (nSPS) is 11.0. The number of azo groups is 1. The number of benzene rings is 2. The second kappa shape index (κ2) is 8.17. The van der Waals surface area contributed by atoms with Crippen molar-refractivity contribution in [2.24, 2.45) is 10.2 Å². The molecule has 27 heavy (non-hydrogen) atoms. The lowest BCUT2D eigenvalue weighted by molar-refractivity contribution is -0.384. The van der Waals surface area contributed by atoms with Gasteiger partial charge in [-0.2, -0.15) is 4.98 Å². The van der Waals surface area contributed by atoms with Crippen molar-refractivity contribution in [3.05, 3.63) is 58.6 Å². The molecule has 0 radical (unpaired) electrons. The molecule has 1 aromatic heterocycles. The molecular weight excluding hydrogens is 346 g/mol. The van der Waals surface area contributed by atoms with Gasteiger partial charge in [-0.05, 0) is 38.1 Å². The first kappa shape index (κ1) is 18.2. The standard InChI is InChI=1S/C18H19N7O2/c1-3-24(4-2)15-10-8-14(9-11-15)20-22-18-19-17(21-23-18)13-6-5-7-16(12-13)25(26)27/h5-12H,3-4H2,1-2H3,(H,19,21,23). The highest BCUT2D eigenvalue weighted by atomic mass is 16.6. The topological polar surface area (TPSA) is 113 Å². The van der Waals surface area contributed by atoms with E-state index >= 15 is 0 Å². The Morgan fingerprint density at radius 1 is 1.11 bits per heavy atom. The Balaban J connectivity index is 1.74. The molecule has 3 aromatic rings. The van der Waals surface area contributed by atoms with Crippen LogP contribution in [0.4, 0.5) is 23.0 Å². The van der Waals surface area contributed by atoms with Gasteiger partial charge in [0.05, 0.1) is 10.6 Å². The molecule has 0 atom stereocenters. The van der Waals surface area contributed by atoms with E-state index in [4.69, 9.17) is 0 Å². The summed E-state index contributed by atoms with van der Waals surface area (Å²) in [6, 6.07) is 13.9. The number of rotatable bonds is 7. The average Bonchev–Trinajstić information content (AvgIpc) is 3.17. The summed E-state index contributed by atoms with van der Waals surface area (Å²) in [6.45, 7) is 6.10. The molecule has 3 rings (SSSR count). The van der Waals surface area contributed by atoms with E-state index in [1.54, 1.807) is 12.1 Å². The lowest BCUT2D eigenvalue weighted by atomic mass is 10.2. The van der Waals surface area contributed by atoms with Crippen LogP contribution in [0.5, 0.6) is 0 Å². The zero-order valence-corrected chi connectivity index (χ0v) is 15.0. The lowest BCUT2D eigenvalue weighted by Crippen LogP contribution is -2.21. The van der Waals surface area contributed by atoms with Crippen LogP contribution in [-0.4, -0.2) is 33.2 Å². The van der Waals surface area contributed by atoms with Crippen LogP contribution in [0.1, 0.15) is 13.8 Å². The van der Waals surface area contributed by atoms with Gasteiger partial charge in [0.1, 0.15) is 0 Å². The Labute approximate surface area is 155 Å². The van der Waals surface area contributed by atoms with Crippen LogP contribution in [-0.2, 0) is 0 Å². The molecule has 0 bridgehead atoms. The highest BCUT2D eigenvalue weighted by Gasteiger charge is 2.10. The van der Waals surface area contributed by atoms with Crippen LogP contribution in [0.2, 0.25) is 0 Å². The monoisotopic (exact) mass is 365 g/mol. The van der Waals surface area contributed by atoms with Crippen LogP contribution in [0.25, 0.3) is 11.4 Å². The van der Waals surface area contributed by atoms with Gasteiger partial charge >= 0.3 is 0 Å². The molecule has 0 aliphatic carbocycles. The SMILES string of the molecule is CCN(CC)c1ccc(N=Nc2n[nH]c(-c3cccc([N+](=O)[O-])c3)n2)cc1. The zero-order valence-electron chi connectivity index (χ0n) is 15.0. The highest BCUT2D eigenvalue weighted by Crippen LogP contribution is 2.24. The van der Waals surface area contributed by atoms with Crippen molar-refractivity contribution in [2.75, 3.05) is 18.0 Å². The van der Waals surface area contributed by atoms with Crippen LogP contribution < -0.4 is 4.90 Å². The first-order valence-electron chi connectivity index (χ1n) is 8.54. The van der Waals surface area contributed by atoms with Gasteiger partial charge in [-0.15, -0.1) is 15.3 Å². The van der Waals surface area contributed by atoms with Gasteiger partial charge < -0.3 is 4.90 Å². The van der Waals surface area contributed by atoms with E-state index in [1.165, 1.54) is 12.1 Å². The Kier molecular flexibility index (Phi) is 5.50. The Hall–Kier alpha value is -3.62. The van der Waals surface area contributed by atoms with Crippen molar-refractivity contribution in [2.45, 2.75) is 13.8 Å². The third kappa shape index (κ3) is 4.32. The number of hydrogen-bond acceptors (Lipinski definition) is 7. The number of aromatic nitrogens is 3. The minimum absolute atomic E-state index is 0.0135. The molecule has 0 saturated carbocycles. The average molecular weight is 365 g/mol. The van der Waals surface area contributed by atoms with Crippen LogP contribution in [0.3, 0.4) is 0 Å². The number of aromatic amines is 1. The van der Waals surface area contributed by atoms with Gasteiger partial charge in [0, 0.05) is 36.5 Å². The van der Waals surface area contributed by atoms with Crippen LogP contribution in [0, 0.1) is 10.1 Å². The fraction of sp³-hybridized carbons (Fsp3) is 0.222. The molecule has 9 heteroatoms. The van der Waals surface area contributed by atoms with E-state index in [0.717, 1.165) is 18.8 Å². The molecule has 0 unspecified atom stereocenters. The smallest absolute Gasteiger partial charge is 0.287 e. The molecule has 0 spiro atoms. The largest absolute Gasteiger partial charge is 0.372 e. The minimum Gasteiger partial charge on any atom is -0.372 e. The first-order valence-corrected chi connectivity index (χ1v) is 8.54. The molecule has 2 aromatic carbocycles. The Morgan fingerprint density at radius 2 is 1.85 bits per heavy atom. The fourth-order valence-electron chi connectivity index (χ4n) is 2.61. The number of anilines is 1. The summed E-state index contributed by atoms with van der Waals surface area (Å²) in [7, 11) is 0. The van der Waals surface area contributed by atoms with E-state index in [0.29, 0.717) is 17.1 Å². The summed E-state index contributed by atoms with van der Waals surface area (Å²) < 4.78 is 0. The summed E-state index contributed by atoms with van der Waals surface area (Å²) in [5.74, 6) is 0.550. The maximum absolute atomic E-state index is 10.9. The Bertz CT molecular complexity index is 946. The van der Waals surface area contributed by atoms with E-state index in [9.17, 15) is 10.1 Å². The van der Waals surface area contributed by atoms with Crippen molar-refractivity contribution in [3.63, 3.8) is 0 Å². The molecule has 0 aliphatic rings. The predicted octanol–water partition coefficient (Wildman–Crippen LogP) is 4.64. The van der Waals surface area contributed by atoms with Gasteiger partial charge in [0.2, 0.25) is 0 Å². The second-order valence-electron chi connectivity index (χ2n) is 5.68. The number of non-ortho nitro benzene ring substituents is 1. The molecule has 138 valence electrons. The quantitative estimate of drug-likeness (QED) is 0.372. The van der Waals surface area contributed by atoms with Crippen LogP contribution in [0.15, 0.2) is 58.8 Å². The number of H-pyrrole nitrogens is 1. The maximum Gasteiger partial charge on any atom is 0.287 e. The van der Waals surface area contributed by atoms with Crippen molar-refractivity contribution in [1.82, 2.24) is 15.2 Å². The molecule has 1 heterocycles. The third-order valence-corrected chi connectivity index (χ3v) is 4.04.